The van der Waals surface area contributed by atoms with Gasteiger partial charge in [-0.15, -0.1) is 0 Å². The second-order valence-corrected chi connectivity index (χ2v) is 4.27. The highest BCUT2D eigenvalue weighted by atomic mass is 16.4. The number of carboxylic acids is 1. The van der Waals surface area contributed by atoms with Crippen LogP contribution >= 0.6 is 0 Å². The maximum atomic E-state index is 11.5. The standard InChI is InChI=1S/C11H22N2O4/c1-3-11(2,6-8-14)13-10(17)12-7-4-5-9(15)16/h14H,3-8H2,1-2H3,(H,15,16)(H2,12,13,17). The lowest BCUT2D eigenvalue weighted by Crippen LogP contribution is -2.50. The first-order valence-electron chi connectivity index (χ1n) is 5.82. The van der Waals surface area contributed by atoms with Crippen LogP contribution in [0, 0.1) is 0 Å². The quantitative estimate of drug-likeness (QED) is 0.474. The largest absolute Gasteiger partial charge is 0.481 e. The third-order valence-corrected chi connectivity index (χ3v) is 2.71. The summed E-state index contributed by atoms with van der Waals surface area (Å²) >= 11 is 0. The van der Waals surface area contributed by atoms with Crippen molar-refractivity contribution in [2.45, 2.75) is 45.1 Å². The van der Waals surface area contributed by atoms with Crippen LogP contribution in [0.1, 0.15) is 39.5 Å². The topological polar surface area (TPSA) is 98.7 Å². The molecule has 0 aliphatic heterocycles. The summed E-state index contributed by atoms with van der Waals surface area (Å²) in [6.07, 6.45) is 1.66. The van der Waals surface area contributed by atoms with Crippen LogP contribution in [-0.4, -0.2) is 40.9 Å². The maximum absolute atomic E-state index is 11.5. The van der Waals surface area contributed by atoms with E-state index in [1.807, 2.05) is 13.8 Å². The molecule has 1 unspecified atom stereocenters. The van der Waals surface area contributed by atoms with Gasteiger partial charge in [-0.2, -0.15) is 0 Å². The summed E-state index contributed by atoms with van der Waals surface area (Å²) in [6.45, 7) is 4.14. The smallest absolute Gasteiger partial charge is 0.315 e. The highest BCUT2D eigenvalue weighted by Crippen LogP contribution is 2.13. The van der Waals surface area contributed by atoms with Crippen molar-refractivity contribution in [3.63, 3.8) is 0 Å². The summed E-state index contributed by atoms with van der Waals surface area (Å²) in [5.41, 5.74) is -0.425. The van der Waals surface area contributed by atoms with Gasteiger partial charge in [-0.1, -0.05) is 6.92 Å². The fourth-order valence-corrected chi connectivity index (χ4v) is 1.33. The number of aliphatic carboxylic acids is 1. The van der Waals surface area contributed by atoms with E-state index in [-0.39, 0.29) is 19.1 Å². The fourth-order valence-electron chi connectivity index (χ4n) is 1.33. The summed E-state index contributed by atoms with van der Waals surface area (Å²) in [4.78, 5) is 21.7. The Kier molecular flexibility index (Phi) is 7.29. The van der Waals surface area contributed by atoms with E-state index in [0.29, 0.717) is 19.4 Å². The summed E-state index contributed by atoms with van der Waals surface area (Å²) in [7, 11) is 0. The molecule has 0 rings (SSSR count). The lowest BCUT2D eigenvalue weighted by molar-refractivity contribution is -0.137. The fraction of sp³-hybridized carbons (Fsp3) is 0.818. The van der Waals surface area contributed by atoms with Crippen LogP contribution in [0.2, 0.25) is 0 Å². The molecule has 17 heavy (non-hydrogen) atoms. The molecule has 0 aromatic carbocycles. The van der Waals surface area contributed by atoms with E-state index in [4.69, 9.17) is 10.2 Å². The minimum Gasteiger partial charge on any atom is -0.481 e. The van der Waals surface area contributed by atoms with Crippen molar-refractivity contribution in [3.8, 4) is 0 Å². The number of carbonyl (C=O) groups is 2. The van der Waals surface area contributed by atoms with E-state index in [1.165, 1.54) is 0 Å². The van der Waals surface area contributed by atoms with Gasteiger partial charge in [0, 0.05) is 25.1 Å². The van der Waals surface area contributed by atoms with Crippen molar-refractivity contribution in [1.82, 2.24) is 10.6 Å². The lowest BCUT2D eigenvalue weighted by atomic mass is 9.95. The van der Waals surface area contributed by atoms with Gasteiger partial charge < -0.3 is 20.8 Å². The van der Waals surface area contributed by atoms with Crippen LogP contribution in [0.25, 0.3) is 0 Å². The molecule has 6 heteroatoms. The number of nitrogens with one attached hydrogen (secondary N) is 2. The number of hydrogen-bond acceptors (Lipinski definition) is 3. The molecule has 100 valence electrons. The molecule has 0 heterocycles. The number of hydrogen-bond donors (Lipinski definition) is 4. The predicted octanol–water partition coefficient (Wildman–Crippen LogP) is 0.701. The normalized spacial score (nSPS) is 13.8. The first-order valence-corrected chi connectivity index (χ1v) is 5.82. The van der Waals surface area contributed by atoms with Gasteiger partial charge in [0.05, 0.1) is 0 Å². The van der Waals surface area contributed by atoms with E-state index in [2.05, 4.69) is 10.6 Å². The van der Waals surface area contributed by atoms with Crippen molar-refractivity contribution in [2.75, 3.05) is 13.2 Å². The molecule has 0 aromatic heterocycles. The third-order valence-electron chi connectivity index (χ3n) is 2.71. The van der Waals surface area contributed by atoms with Crippen molar-refractivity contribution < 1.29 is 19.8 Å². The van der Waals surface area contributed by atoms with Gasteiger partial charge in [-0.3, -0.25) is 4.79 Å². The molecule has 0 aromatic rings. The van der Waals surface area contributed by atoms with E-state index >= 15 is 0 Å². The highest BCUT2D eigenvalue weighted by molar-refractivity contribution is 5.74. The molecule has 0 bridgehead atoms. The summed E-state index contributed by atoms with van der Waals surface area (Å²) in [5.74, 6) is -0.870. The molecule has 0 radical (unpaired) electrons. The lowest BCUT2D eigenvalue weighted by Gasteiger charge is -2.28. The van der Waals surface area contributed by atoms with Gasteiger partial charge in [-0.25, -0.2) is 4.79 Å². The third kappa shape index (κ3) is 7.57. The number of aliphatic hydroxyl groups is 1. The van der Waals surface area contributed by atoms with E-state index in [9.17, 15) is 9.59 Å². The minimum absolute atomic E-state index is 0.0175. The van der Waals surface area contributed by atoms with Crippen LogP contribution < -0.4 is 10.6 Å². The average Bonchev–Trinajstić information content (AvgIpc) is 2.24. The molecule has 0 aliphatic carbocycles. The van der Waals surface area contributed by atoms with Crippen LogP contribution in [0.4, 0.5) is 4.79 Å². The van der Waals surface area contributed by atoms with Crippen LogP contribution in [0.15, 0.2) is 0 Å². The number of aliphatic hydroxyl groups excluding tert-OH is 1. The monoisotopic (exact) mass is 246 g/mol. The van der Waals surface area contributed by atoms with Gasteiger partial charge in [0.2, 0.25) is 0 Å². The van der Waals surface area contributed by atoms with Crippen molar-refractivity contribution in [3.05, 3.63) is 0 Å². The number of rotatable bonds is 8. The second-order valence-electron chi connectivity index (χ2n) is 4.27. The first kappa shape index (κ1) is 15.7. The SMILES string of the molecule is CCC(C)(CCO)NC(=O)NCCCC(=O)O. The Balaban J connectivity index is 3.87. The zero-order valence-electron chi connectivity index (χ0n) is 10.5. The van der Waals surface area contributed by atoms with Gasteiger partial charge in [0.1, 0.15) is 0 Å². The Bertz CT molecular complexity index is 258. The second kappa shape index (κ2) is 7.89. The zero-order chi connectivity index (χ0) is 13.3. The van der Waals surface area contributed by atoms with Crippen molar-refractivity contribution in [1.29, 1.82) is 0 Å². The Hall–Kier alpha value is -1.30. The number of carboxylic acid groups (broad SMARTS) is 1. The molecule has 1 atom stereocenters. The zero-order valence-corrected chi connectivity index (χ0v) is 10.5. The molecule has 0 saturated heterocycles. The van der Waals surface area contributed by atoms with Crippen LogP contribution in [-0.2, 0) is 4.79 Å². The molecular weight excluding hydrogens is 224 g/mol. The molecule has 6 nitrogen and oxygen atoms in total. The van der Waals surface area contributed by atoms with Gasteiger partial charge >= 0.3 is 12.0 Å². The molecule has 0 aliphatic rings. The Morgan fingerprint density at radius 1 is 1.35 bits per heavy atom. The van der Waals surface area contributed by atoms with Gasteiger partial charge in [-0.05, 0) is 26.2 Å². The first-order chi connectivity index (χ1) is 7.93. The predicted molar refractivity (Wildman–Crippen MR) is 63.8 cm³/mol. The van der Waals surface area contributed by atoms with Crippen LogP contribution in [0.5, 0.6) is 0 Å². The van der Waals surface area contributed by atoms with E-state index in [1.54, 1.807) is 0 Å². The van der Waals surface area contributed by atoms with Gasteiger partial charge in [0.25, 0.3) is 0 Å². The Labute approximate surface area is 101 Å². The maximum Gasteiger partial charge on any atom is 0.315 e. The van der Waals surface area contributed by atoms with E-state index < -0.39 is 11.5 Å². The van der Waals surface area contributed by atoms with E-state index in [0.717, 1.165) is 6.42 Å². The number of urea groups is 1. The Morgan fingerprint density at radius 2 is 2.00 bits per heavy atom. The highest BCUT2D eigenvalue weighted by Gasteiger charge is 2.23. The molecule has 4 N–H and O–H groups in total. The summed E-state index contributed by atoms with van der Waals surface area (Å²) in [5, 5.41) is 22.7. The van der Waals surface area contributed by atoms with Crippen molar-refractivity contribution >= 4 is 12.0 Å². The molecule has 0 spiro atoms. The molecule has 0 saturated carbocycles. The molecule has 2 amide bonds. The van der Waals surface area contributed by atoms with Crippen molar-refractivity contribution in [2.24, 2.45) is 0 Å². The minimum atomic E-state index is -0.870. The summed E-state index contributed by atoms with van der Waals surface area (Å²) in [6, 6.07) is -0.326. The Morgan fingerprint density at radius 3 is 2.47 bits per heavy atom. The average molecular weight is 246 g/mol. The molecule has 0 fully saturated rings. The number of amides is 2. The van der Waals surface area contributed by atoms with Gasteiger partial charge in [0.15, 0.2) is 0 Å². The number of carbonyl (C=O) groups excluding carboxylic acids is 1. The molecular formula is C11H22N2O4. The van der Waals surface area contributed by atoms with Crippen LogP contribution in [0.3, 0.4) is 0 Å². The summed E-state index contributed by atoms with van der Waals surface area (Å²) < 4.78 is 0.